The van der Waals surface area contributed by atoms with Crippen LogP contribution in [0.15, 0.2) is 24.5 Å². The second kappa shape index (κ2) is 6.69. The van der Waals surface area contributed by atoms with E-state index in [-0.39, 0.29) is 18.2 Å². The molecule has 0 fully saturated rings. The van der Waals surface area contributed by atoms with Crippen molar-refractivity contribution in [2.24, 2.45) is 5.73 Å². The average Bonchev–Trinajstić information content (AvgIpc) is 2.29. The van der Waals surface area contributed by atoms with Crippen LogP contribution in [0.1, 0.15) is 31.9 Å². The van der Waals surface area contributed by atoms with Crippen molar-refractivity contribution in [3.05, 3.63) is 30.1 Å². The molecule has 96 valence electrons. The third-order valence-electron chi connectivity index (χ3n) is 2.95. The molecule has 0 saturated carbocycles. The molecule has 3 atom stereocenters. The standard InChI is InChI=1S/C13H23N3O/c1-4-12(14)13(16(3)9-10(2)17)11-5-7-15-8-6-11/h5-8,10,12-13,17H,4,9,14H2,1-3H3. The van der Waals surface area contributed by atoms with Crippen LogP contribution in [0.4, 0.5) is 0 Å². The van der Waals surface area contributed by atoms with Gasteiger partial charge in [0, 0.05) is 31.0 Å². The first-order chi connectivity index (χ1) is 8.06. The Hall–Kier alpha value is -0.970. The molecule has 1 rings (SSSR count). The second-order valence-corrected chi connectivity index (χ2v) is 4.59. The largest absolute Gasteiger partial charge is 0.392 e. The van der Waals surface area contributed by atoms with Crippen LogP contribution in [0.2, 0.25) is 0 Å². The summed E-state index contributed by atoms with van der Waals surface area (Å²) in [7, 11) is 1.99. The fourth-order valence-corrected chi connectivity index (χ4v) is 2.14. The lowest BCUT2D eigenvalue weighted by Crippen LogP contribution is -2.41. The van der Waals surface area contributed by atoms with E-state index in [1.807, 2.05) is 19.2 Å². The molecule has 0 bridgehead atoms. The topological polar surface area (TPSA) is 62.4 Å². The molecule has 3 unspecified atom stereocenters. The van der Waals surface area contributed by atoms with Crippen LogP contribution < -0.4 is 5.73 Å². The van der Waals surface area contributed by atoms with Gasteiger partial charge in [-0.25, -0.2) is 0 Å². The molecule has 4 heteroatoms. The van der Waals surface area contributed by atoms with Gasteiger partial charge in [0.25, 0.3) is 0 Å². The van der Waals surface area contributed by atoms with Gasteiger partial charge in [0.05, 0.1) is 6.10 Å². The molecule has 0 aliphatic carbocycles. The van der Waals surface area contributed by atoms with E-state index in [9.17, 15) is 5.11 Å². The molecule has 17 heavy (non-hydrogen) atoms. The summed E-state index contributed by atoms with van der Waals surface area (Å²) >= 11 is 0. The first-order valence-electron chi connectivity index (χ1n) is 6.10. The zero-order valence-corrected chi connectivity index (χ0v) is 10.9. The van der Waals surface area contributed by atoms with Crippen LogP contribution in [0.5, 0.6) is 0 Å². The first kappa shape index (κ1) is 14.1. The molecule has 0 saturated heterocycles. The Bertz CT molecular complexity index is 316. The third-order valence-corrected chi connectivity index (χ3v) is 2.95. The van der Waals surface area contributed by atoms with Gasteiger partial charge in [0.2, 0.25) is 0 Å². The highest BCUT2D eigenvalue weighted by molar-refractivity contribution is 5.17. The van der Waals surface area contributed by atoms with Crippen LogP contribution in [0, 0.1) is 0 Å². The van der Waals surface area contributed by atoms with E-state index < -0.39 is 0 Å². The number of aliphatic hydroxyl groups is 1. The quantitative estimate of drug-likeness (QED) is 0.779. The van der Waals surface area contributed by atoms with Crippen LogP contribution in [-0.2, 0) is 0 Å². The fraction of sp³-hybridized carbons (Fsp3) is 0.615. The molecule has 0 spiro atoms. The first-order valence-corrected chi connectivity index (χ1v) is 6.10. The fourth-order valence-electron chi connectivity index (χ4n) is 2.14. The molecule has 0 radical (unpaired) electrons. The van der Waals surface area contributed by atoms with Gasteiger partial charge in [-0.05, 0) is 38.1 Å². The lowest BCUT2D eigenvalue weighted by molar-refractivity contribution is 0.107. The second-order valence-electron chi connectivity index (χ2n) is 4.59. The molecule has 1 heterocycles. The van der Waals surface area contributed by atoms with E-state index in [0.717, 1.165) is 12.0 Å². The van der Waals surface area contributed by atoms with Crippen LogP contribution in [-0.4, -0.2) is 40.7 Å². The minimum Gasteiger partial charge on any atom is -0.392 e. The molecule has 0 aromatic carbocycles. The Morgan fingerprint density at radius 1 is 1.41 bits per heavy atom. The zero-order chi connectivity index (χ0) is 12.8. The van der Waals surface area contributed by atoms with Crippen LogP contribution >= 0.6 is 0 Å². The molecular formula is C13H23N3O. The molecule has 0 aliphatic rings. The number of aliphatic hydroxyl groups excluding tert-OH is 1. The number of nitrogens with zero attached hydrogens (tertiary/aromatic N) is 2. The van der Waals surface area contributed by atoms with E-state index in [0.29, 0.717) is 6.54 Å². The van der Waals surface area contributed by atoms with Gasteiger partial charge >= 0.3 is 0 Å². The number of pyridine rings is 1. The van der Waals surface area contributed by atoms with Crippen LogP contribution in [0.3, 0.4) is 0 Å². The maximum atomic E-state index is 9.48. The molecule has 4 nitrogen and oxygen atoms in total. The number of hydrogen-bond donors (Lipinski definition) is 2. The number of likely N-dealkylation sites (N-methyl/N-ethyl adjacent to an activating group) is 1. The van der Waals surface area contributed by atoms with Gasteiger partial charge in [-0.3, -0.25) is 9.88 Å². The summed E-state index contributed by atoms with van der Waals surface area (Å²) in [6, 6.07) is 4.15. The van der Waals surface area contributed by atoms with Crippen molar-refractivity contribution in [2.45, 2.75) is 38.5 Å². The van der Waals surface area contributed by atoms with Crippen molar-refractivity contribution in [1.29, 1.82) is 0 Å². The van der Waals surface area contributed by atoms with E-state index in [4.69, 9.17) is 5.73 Å². The molecule has 3 N–H and O–H groups in total. The molecule has 0 amide bonds. The van der Waals surface area contributed by atoms with Crippen molar-refractivity contribution >= 4 is 0 Å². The molecule has 0 aliphatic heterocycles. The van der Waals surface area contributed by atoms with E-state index >= 15 is 0 Å². The number of aromatic nitrogens is 1. The lowest BCUT2D eigenvalue weighted by Gasteiger charge is -2.33. The number of rotatable bonds is 6. The molecule has 1 aromatic heterocycles. The summed E-state index contributed by atoms with van der Waals surface area (Å²) in [5.74, 6) is 0. The highest BCUT2D eigenvalue weighted by Crippen LogP contribution is 2.23. The summed E-state index contributed by atoms with van der Waals surface area (Å²) in [4.78, 5) is 6.13. The maximum Gasteiger partial charge on any atom is 0.0639 e. The summed E-state index contributed by atoms with van der Waals surface area (Å²) in [6.07, 6.45) is 4.10. The van der Waals surface area contributed by atoms with Gasteiger partial charge in [-0.1, -0.05) is 6.92 Å². The number of hydrogen-bond acceptors (Lipinski definition) is 4. The van der Waals surface area contributed by atoms with Crippen molar-refractivity contribution in [3.63, 3.8) is 0 Å². The minimum atomic E-state index is -0.353. The van der Waals surface area contributed by atoms with Crippen molar-refractivity contribution in [2.75, 3.05) is 13.6 Å². The SMILES string of the molecule is CCC(N)C(c1ccncc1)N(C)CC(C)O. The Balaban J connectivity index is 2.88. The Morgan fingerprint density at radius 2 is 2.00 bits per heavy atom. The summed E-state index contributed by atoms with van der Waals surface area (Å²) in [6.45, 7) is 4.48. The van der Waals surface area contributed by atoms with Gasteiger partial charge in [0.15, 0.2) is 0 Å². The highest BCUT2D eigenvalue weighted by atomic mass is 16.3. The van der Waals surface area contributed by atoms with Crippen molar-refractivity contribution < 1.29 is 5.11 Å². The summed E-state index contributed by atoms with van der Waals surface area (Å²) in [5, 5.41) is 9.48. The molecule has 1 aromatic rings. The molecular weight excluding hydrogens is 214 g/mol. The predicted molar refractivity (Wildman–Crippen MR) is 69.6 cm³/mol. The Morgan fingerprint density at radius 3 is 2.47 bits per heavy atom. The van der Waals surface area contributed by atoms with E-state index in [1.165, 1.54) is 0 Å². The van der Waals surface area contributed by atoms with Gasteiger partial charge < -0.3 is 10.8 Å². The van der Waals surface area contributed by atoms with Gasteiger partial charge in [-0.15, -0.1) is 0 Å². The third kappa shape index (κ3) is 4.07. The monoisotopic (exact) mass is 237 g/mol. The van der Waals surface area contributed by atoms with Crippen molar-refractivity contribution in [3.8, 4) is 0 Å². The Labute approximate surface area is 103 Å². The zero-order valence-electron chi connectivity index (χ0n) is 10.9. The minimum absolute atomic E-state index is 0.0566. The smallest absolute Gasteiger partial charge is 0.0639 e. The Kier molecular flexibility index (Phi) is 5.55. The normalized spacial score (nSPS) is 16.8. The van der Waals surface area contributed by atoms with Crippen LogP contribution in [0.25, 0.3) is 0 Å². The maximum absolute atomic E-state index is 9.48. The van der Waals surface area contributed by atoms with E-state index in [1.54, 1.807) is 19.3 Å². The van der Waals surface area contributed by atoms with Gasteiger partial charge in [0.1, 0.15) is 0 Å². The highest BCUT2D eigenvalue weighted by Gasteiger charge is 2.23. The predicted octanol–water partition coefficient (Wildman–Crippen LogP) is 1.17. The lowest BCUT2D eigenvalue weighted by atomic mass is 9.97. The van der Waals surface area contributed by atoms with Crippen molar-refractivity contribution in [1.82, 2.24) is 9.88 Å². The average molecular weight is 237 g/mol. The van der Waals surface area contributed by atoms with E-state index in [2.05, 4.69) is 16.8 Å². The number of nitrogens with two attached hydrogens (primary N) is 1. The van der Waals surface area contributed by atoms with Gasteiger partial charge in [-0.2, -0.15) is 0 Å². The summed E-state index contributed by atoms with van der Waals surface area (Å²) < 4.78 is 0. The summed E-state index contributed by atoms with van der Waals surface area (Å²) in [5.41, 5.74) is 7.33.